The molecule has 2 aromatic heterocycles. The van der Waals surface area contributed by atoms with Crippen molar-refractivity contribution in [2.45, 2.75) is 19.9 Å². The Hall–Kier alpha value is -3.15. The number of aromatic nitrogens is 1. The third-order valence-corrected chi connectivity index (χ3v) is 7.76. The van der Waals surface area contributed by atoms with Gasteiger partial charge in [0.1, 0.15) is 11.5 Å². The lowest BCUT2D eigenvalue weighted by Gasteiger charge is -2.26. The SMILES string of the molecule is CCOC(=O)C1=C(C)N=c2s/c(=C/c3cc(Br)c(N4CCOCC4)o3)c(=O)n2[C@H]1c1ccc(OC)cc1. The number of carbonyl (C=O) groups is 1. The van der Waals surface area contributed by atoms with Crippen LogP contribution in [0, 0.1) is 0 Å². The molecule has 11 heteroatoms. The normalized spacial score (nSPS) is 18.0. The Labute approximate surface area is 225 Å². The number of esters is 1. The smallest absolute Gasteiger partial charge is 0.338 e. The second kappa shape index (κ2) is 10.7. The van der Waals surface area contributed by atoms with E-state index in [9.17, 15) is 9.59 Å². The first-order valence-electron chi connectivity index (χ1n) is 11.9. The van der Waals surface area contributed by atoms with Crippen molar-refractivity contribution < 1.29 is 23.4 Å². The number of methoxy groups -OCH3 is 1. The van der Waals surface area contributed by atoms with Gasteiger partial charge >= 0.3 is 5.97 Å². The highest BCUT2D eigenvalue weighted by Crippen LogP contribution is 2.33. The van der Waals surface area contributed by atoms with Gasteiger partial charge in [0, 0.05) is 25.2 Å². The molecule has 9 nitrogen and oxygen atoms in total. The zero-order valence-electron chi connectivity index (χ0n) is 20.7. The molecule has 5 rings (SSSR count). The number of halogens is 1. The minimum Gasteiger partial charge on any atom is -0.497 e. The Morgan fingerprint density at radius 3 is 2.68 bits per heavy atom. The second-order valence-corrected chi connectivity index (χ2v) is 10.3. The molecule has 4 heterocycles. The van der Waals surface area contributed by atoms with Crippen LogP contribution in [-0.4, -0.2) is 50.6 Å². The third-order valence-electron chi connectivity index (χ3n) is 6.21. The summed E-state index contributed by atoms with van der Waals surface area (Å²) in [6.07, 6.45) is 1.72. The van der Waals surface area contributed by atoms with Crippen LogP contribution in [0.15, 0.2) is 60.3 Å². The van der Waals surface area contributed by atoms with Crippen LogP contribution in [0.4, 0.5) is 5.88 Å². The Kier molecular flexibility index (Phi) is 7.36. The van der Waals surface area contributed by atoms with Gasteiger partial charge in [-0.05, 0) is 47.5 Å². The summed E-state index contributed by atoms with van der Waals surface area (Å²) in [6.45, 7) is 6.45. The number of hydrogen-bond donors (Lipinski definition) is 0. The van der Waals surface area contributed by atoms with Crippen molar-refractivity contribution in [1.82, 2.24) is 4.57 Å². The predicted molar refractivity (Wildman–Crippen MR) is 143 cm³/mol. The molecule has 1 fully saturated rings. The minimum absolute atomic E-state index is 0.216. The number of hydrogen-bond acceptors (Lipinski definition) is 9. The van der Waals surface area contributed by atoms with E-state index in [0.717, 1.165) is 23.1 Å². The molecule has 2 aliphatic heterocycles. The molecule has 2 aliphatic rings. The fourth-order valence-corrected chi connectivity index (χ4v) is 6.04. The van der Waals surface area contributed by atoms with E-state index in [2.05, 4.69) is 25.8 Å². The van der Waals surface area contributed by atoms with Gasteiger partial charge in [0.2, 0.25) is 5.88 Å². The van der Waals surface area contributed by atoms with Gasteiger partial charge in [0.05, 0.1) is 53.2 Å². The van der Waals surface area contributed by atoms with Gasteiger partial charge in [-0.15, -0.1) is 0 Å². The average Bonchev–Trinajstić information content (AvgIpc) is 3.42. The van der Waals surface area contributed by atoms with E-state index in [1.165, 1.54) is 11.3 Å². The number of fused-ring (bicyclic) bond motifs is 1. The van der Waals surface area contributed by atoms with E-state index >= 15 is 0 Å². The molecular weight excluding hydrogens is 562 g/mol. The molecule has 0 amide bonds. The summed E-state index contributed by atoms with van der Waals surface area (Å²) in [5, 5.41) is 0. The van der Waals surface area contributed by atoms with E-state index in [0.29, 0.717) is 51.2 Å². The van der Waals surface area contributed by atoms with E-state index in [1.807, 2.05) is 18.2 Å². The maximum absolute atomic E-state index is 13.8. The Balaban J connectivity index is 1.62. The molecule has 194 valence electrons. The van der Waals surface area contributed by atoms with Crippen molar-refractivity contribution in [2.75, 3.05) is 44.9 Å². The minimum atomic E-state index is -0.685. The van der Waals surface area contributed by atoms with Crippen LogP contribution in [0.1, 0.15) is 31.2 Å². The van der Waals surface area contributed by atoms with E-state index < -0.39 is 12.0 Å². The number of carbonyl (C=O) groups excluding carboxylic acids is 1. The Bertz CT molecular complexity index is 1530. The molecule has 0 spiro atoms. The fraction of sp³-hybridized carbons (Fsp3) is 0.346. The van der Waals surface area contributed by atoms with Crippen LogP contribution in [0.25, 0.3) is 6.08 Å². The van der Waals surface area contributed by atoms with Crippen LogP contribution < -0.4 is 24.5 Å². The average molecular weight is 588 g/mol. The first kappa shape index (κ1) is 25.5. The number of ether oxygens (including phenoxy) is 3. The number of nitrogens with zero attached hydrogens (tertiary/aromatic N) is 3. The predicted octanol–water partition coefficient (Wildman–Crippen LogP) is 3.00. The van der Waals surface area contributed by atoms with E-state index in [1.54, 1.807) is 43.7 Å². The molecule has 0 radical (unpaired) electrons. The van der Waals surface area contributed by atoms with Gasteiger partial charge in [-0.1, -0.05) is 23.5 Å². The van der Waals surface area contributed by atoms with Crippen molar-refractivity contribution in [2.24, 2.45) is 4.99 Å². The molecular formula is C26H26BrN3O6S. The van der Waals surface area contributed by atoms with Crippen molar-refractivity contribution >= 4 is 45.2 Å². The van der Waals surface area contributed by atoms with Gasteiger partial charge in [-0.25, -0.2) is 9.79 Å². The maximum Gasteiger partial charge on any atom is 0.338 e. The summed E-state index contributed by atoms with van der Waals surface area (Å²) < 4.78 is 25.0. The van der Waals surface area contributed by atoms with Crippen LogP contribution >= 0.6 is 27.3 Å². The van der Waals surface area contributed by atoms with Crippen LogP contribution in [-0.2, 0) is 14.3 Å². The topological polar surface area (TPSA) is 95.5 Å². The number of allylic oxidation sites excluding steroid dienone is 1. The number of morpholine rings is 1. The molecule has 0 saturated carbocycles. The molecule has 37 heavy (non-hydrogen) atoms. The molecule has 1 atom stereocenters. The van der Waals surface area contributed by atoms with E-state index in [-0.39, 0.29) is 12.2 Å². The van der Waals surface area contributed by atoms with Crippen molar-refractivity contribution in [3.05, 3.63) is 77.1 Å². The summed E-state index contributed by atoms with van der Waals surface area (Å²) in [7, 11) is 1.59. The summed E-state index contributed by atoms with van der Waals surface area (Å²) in [4.78, 5) is 34.0. The molecule has 1 saturated heterocycles. The number of anilines is 1. The lowest BCUT2D eigenvalue weighted by Crippen LogP contribution is -2.39. The van der Waals surface area contributed by atoms with Crippen LogP contribution in [0.2, 0.25) is 0 Å². The summed E-state index contributed by atoms with van der Waals surface area (Å²) in [6, 6.07) is 8.45. The van der Waals surface area contributed by atoms with Gasteiger partial charge in [0.15, 0.2) is 4.80 Å². The second-order valence-electron chi connectivity index (χ2n) is 8.48. The van der Waals surface area contributed by atoms with Crippen molar-refractivity contribution in [1.29, 1.82) is 0 Å². The van der Waals surface area contributed by atoms with Crippen LogP contribution in [0.5, 0.6) is 5.75 Å². The first-order chi connectivity index (χ1) is 17.9. The van der Waals surface area contributed by atoms with Crippen molar-refractivity contribution in [3.8, 4) is 5.75 Å². The molecule has 1 aromatic carbocycles. The number of thiazole rings is 1. The fourth-order valence-electron chi connectivity index (χ4n) is 4.45. The highest BCUT2D eigenvalue weighted by atomic mass is 79.9. The standard InChI is InChI=1S/C26H26BrN3O6S/c1-4-35-25(32)21-15(2)28-26-30(22(21)16-5-7-17(33-3)8-6-16)23(31)20(37-26)14-18-13-19(27)24(36-18)29-9-11-34-12-10-29/h5-8,13-14,22H,4,9-12H2,1-3H3/b20-14+/t22-/m0/s1. The third kappa shape index (κ3) is 4.90. The summed E-state index contributed by atoms with van der Waals surface area (Å²) in [5.74, 6) is 1.43. The summed E-state index contributed by atoms with van der Waals surface area (Å²) in [5.41, 5.74) is 1.34. The molecule has 0 aliphatic carbocycles. The highest BCUT2D eigenvalue weighted by Gasteiger charge is 2.33. The highest BCUT2D eigenvalue weighted by molar-refractivity contribution is 9.10. The molecule has 0 N–H and O–H groups in total. The van der Waals surface area contributed by atoms with Crippen molar-refractivity contribution in [3.63, 3.8) is 0 Å². The van der Waals surface area contributed by atoms with Gasteiger partial charge < -0.3 is 23.5 Å². The van der Waals surface area contributed by atoms with Gasteiger partial charge in [-0.2, -0.15) is 0 Å². The van der Waals surface area contributed by atoms with E-state index in [4.69, 9.17) is 18.6 Å². The number of rotatable bonds is 6. The zero-order valence-corrected chi connectivity index (χ0v) is 23.1. The Morgan fingerprint density at radius 2 is 2.00 bits per heavy atom. The number of furan rings is 1. The maximum atomic E-state index is 13.8. The largest absolute Gasteiger partial charge is 0.497 e. The summed E-state index contributed by atoms with van der Waals surface area (Å²) >= 11 is 4.83. The molecule has 3 aromatic rings. The molecule has 0 unspecified atom stereocenters. The quantitative estimate of drug-likeness (QED) is 0.409. The molecule has 0 bridgehead atoms. The van der Waals surface area contributed by atoms with Crippen LogP contribution in [0.3, 0.4) is 0 Å². The van der Waals surface area contributed by atoms with Gasteiger partial charge in [0.25, 0.3) is 5.56 Å². The Morgan fingerprint density at radius 1 is 1.27 bits per heavy atom. The van der Waals surface area contributed by atoms with Gasteiger partial charge in [-0.3, -0.25) is 9.36 Å². The lowest BCUT2D eigenvalue weighted by molar-refractivity contribution is -0.139. The number of benzene rings is 1. The lowest BCUT2D eigenvalue weighted by atomic mass is 9.96. The first-order valence-corrected chi connectivity index (χ1v) is 13.5. The monoisotopic (exact) mass is 587 g/mol. The zero-order chi connectivity index (χ0) is 26.1.